The quantitative estimate of drug-likeness (QED) is 0.482. The second-order valence-electron chi connectivity index (χ2n) is 7.24. The first-order valence-electron chi connectivity index (χ1n) is 9.49. The van der Waals surface area contributed by atoms with Crippen LogP contribution in [0.3, 0.4) is 0 Å². The second kappa shape index (κ2) is 9.45. The van der Waals surface area contributed by atoms with Gasteiger partial charge in [-0.1, -0.05) is 18.2 Å². The SMILES string of the molecule is C=CC(=O)N1CCC(N2CCN(C(=O)CCc3cc(I)c(Cl)cc3O)CC2)C1. The van der Waals surface area contributed by atoms with Crippen LogP contribution in [-0.4, -0.2) is 76.9 Å². The number of piperazine rings is 1. The summed E-state index contributed by atoms with van der Waals surface area (Å²) in [5, 5.41) is 10.5. The predicted molar refractivity (Wildman–Crippen MR) is 117 cm³/mol. The number of phenols is 1. The molecule has 1 aromatic carbocycles. The molecule has 6 nitrogen and oxygen atoms in total. The van der Waals surface area contributed by atoms with Crippen molar-refractivity contribution in [3.05, 3.63) is 38.9 Å². The monoisotopic (exact) mass is 517 g/mol. The predicted octanol–water partition coefficient (Wildman–Crippen LogP) is 2.51. The Balaban J connectivity index is 1.46. The van der Waals surface area contributed by atoms with Gasteiger partial charge in [-0.2, -0.15) is 0 Å². The van der Waals surface area contributed by atoms with E-state index in [-0.39, 0.29) is 17.6 Å². The van der Waals surface area contributed by atoms with E-state index in [0.29, 0.717) is 37.0 Å². The van der Waals surface area contributed by atoms with E-state index in [1.807, 2.05) is 15.9 Å². The van der Waals surface area contributed by atoms with Gasteiger partial charge in [-0.15, -0.1) is 0 Å². The number of carbonyl (C=O) groups excluding carboxylic acids is 2. The minimum atomic E-state index is -0.00331. The van der Waals surface area contributed by atoms with Gasteiger partial charge in [0.05, 0.1) is 5.02 Å². The van der Waals surface area contributed by atoms with Crippen molar-refractivity contribution in [2.75, 3.05) is 39.3 Å². The maximum atomic E-state index is 12.6. The van der Waals surface area contributed by atoms with E-state index in [1.165, 1.54) is 12.1 Å². The van der Waals surface area contributed by atoms with Crippen LogP contribution in [0.2, 0.25) is 5.02 Å². The maximum Gasteiger partial charge on any atom is 0.246 e. The Morgan fingerprint density at radius 2 is 1.93 bits per heavy atom. The van der Waals surface area contributed by atoms with Gasteiger partial charge in [0.2, 0.25) is 11.8 Å². The molecule has 1 atom stereocenters. The van der Waals surface area contributed by atoms with Crippen molar-refractivity contribution in [1.82, 2.24) is 14.7 Å². The summed E-state index contributed by atoms with van der Waals surface area (Å²) in [7, 11) is 0. The van der Waals surface area contributed by atoms with E-state index in [0.717, 1.165) is 41.7 Å². The second-order valence-corrected chi connectivity index (χ2v) is 8.81. The molecule has 2 aliphatic heterocycles. The van der Waals surface area contributed by atoms with Gasteiger partial charge >= 0.3 is 0 Å². The standard InChI is InChI=1S/C20H25ClIN3O3/c1-2-19(27)25-6-5-15(13-25)23-7-9-24(10-8-23)20(28)4-3-14-11-17(22)16(21)12-18(14)26/h2,11-12,15,26H,1,3-10,13H2. The molecule has 3 rings (SSSR count). The average molecular weight is 518 g/mol. The molecule has 1 unspecified atom stereocenters. The Morgan fingerprint density at radius 3 is 2.61 bits per heavy atom. The van der Waals surface area contributed by atoms with Gasteiger partial charge in [-0.25, -0.2) is 0 Å². The number of likely N-dealkylation sites (tertiary alicyclic amines) is 1. The highest BCUT2D eigenvalue weighted by atomic mass is 127. The Kier molecular flexibility index (Phi) is 7.22. The first-order chi connectivity index (χ1) is 13.4. The van der Waals surface area contributed by atoms with Crippen LogP contribution in [0.1, 0.15) is 18.4 Å². The van der Waals surface area contributed by atoms with E-state index in [1.54, 1.807) is 0 Å². The number of rotatable bonds is 5. The highest BCUT2D eigenvalue weighted by Gasteiger charge is 2.32. The molecular formula is C20H25ClIN3O3. The number of halogens is 2. The van der Waals surface area contributed by atoms with Crippen LogP contribution < -0.4 is 0 Å². The van der Waals surface area contributed by atoms with Gasteiger partial charge in [-0.3, -0.25) is 14.5 Å². The van der Waals surface area contributed by atoms with Crippen molar-refractivity contribution in [1.29, 1.82) is 0 Å². The number of amides is 2. The average Bonchev–Trinajstić information content (AvgIpc) is 3.19. The molecule has 2 fully saturated rings. The minimum Gasteiger partial charge on any atom is -0.508 e. The lowest BCUT2D eigenvalue weighted by Crippen LogP contribution is -2.52. The molecular weight excluding hydrogens is 493 g/mol. The molecule has 2 aliphatic rings. The summed E-state index contributed by atoms with van der Waals surface area (Å²) < 4.78 is 0.869. The summed E-state index contributed by atoms with van der Waals surface area (Å²) in [6.07, 6.45) is 3.22. The van der Waals surface area contributed by atoms with Crippen molar-refractivity contribution >= 4 is 46.0 Å². The van der Waals surface area contributed by atoms with Gasteiger partial charge in [0.1, 0.15) is 5.75 Å². The van der Waals surface area contributed by atoms with Crippen LogP contribution >= 0.6 is 34.2 Å². The Hall–Kier alpha value is -1.32. The summed E-state index contributed by atoms with van der Waals surface area (Å²) >= 11 is 8.12. The number of aryl methyl sites for hydroxylation is 1. The maximum absolute atomic E-state index is 12.6. The fourth-order valence-electron chi connectivity index (χ4n) is 3.88. The van der Waals surface area contributed by atoms with Crippen molar-refractivity contribution in [2.24, 2.45) is 0 Å². The fourth-order valence-corrected chi connectivity index (χ4v) is 4.57. The molecule has 2 amide bonds. The zero-order valence-electron chi connectivity index (χ0n) is 15.7. The van der Waals surface area contributed by atoms with Crippen molar-refractivity contribution < 1.29 is 14.7 Å². The van der Waals surface area contributed by atoms with Crippen LogP contribution in [-0.2, 0) is 16.0 Å². The zero-order chi connectivity index (χ0) is 20.3. The molecule has 0 aromatic heterocycles. The number of hydrogen-bond donors (Lipinski definition) is 1. The highest BCUT2D eigenvalue weighted by molar-refractivity contribution is 14.1. The summed E-state index contributed by atoms with van der Waals surface area (Å²) in [5.41, 5.74) is 0.749. The first-order valence-corrected chi connectivity index (χ1v) is 10.9. The van der Waals surface area contributed by atoms with Gasteiger partial charge in [0.25, 0.3) is 0 Å². The van der Waals surface area contributed by atoms with Crippen LogP contribution in [0.5, 0.6) is 5.75 Å². The summed E-state index contributed by atoms with van der Waals surface area (Å²) in [5.74, 6) is 0.248. The fraction of sp³-hybridized carbons (Fsp3) is 0.500. The smallest absolute Gasteiger partial charge is 0.246 e. The molecule has 2 saturated heterocycles. The van der Waals surface area contributed by atoms with Crippen LogP contribution in [0.25, 0.3) is 0 Å². The third-order valence-electron chi connectivity index (χ3n) is 5.56. The molecule has 0 aliphatic carbocycles. The van der Waals surface area contributed by atoms with Gasteiger partial charge < -0.3 is 14.9 Å². The molecule has 152 valence electrons. The lowest BCUT2D eigenvalue weighted by Gasteiger charge is -2.38. The molecule has 0 saturated carbocycles. The zero-order valence-corrected chi connectivity index (χ0v) is 18.7. The number of hydrogen-bond acceptors (Lipinski definition) is 4. The van der Waals surface area contributed by atoms with Gasteiger partial charge in [-0.05, 0) is 59.2 Å². The van der Waals surface area contributed by atoms with E-state index >= 15 is 0 Å². The van der Waals surface area contributed by atoms with E-state index < -0.39 is 0 Å². The van der Waals surface area contributed by atoms with Crippen molar-refractivity contribution in [3.63, 3.8) is 0 Å². The molecule has 28 heavy (non-hydrogen) atoms. The van der Waals surface area contributed by atoms with Crippen molar-refractivity contribution in [2.45, 2.75) is 25.3 Å². The number of nitrogens with zero attached hydrogens (tertiary/aromatic N) is 3. The van der Waals surface area contributed by atoms with Crippen LogP contribution in [0, 0.1) is 3.57 Å². The molecule has 0 spiro atoms. The summed E-state index contributed by atoms with van der Waals surface area (Å²) in [4.78, 5) is 30.4. The minimum absolute atomic E-state index is 0.00331. The number of benzene rings is 1. The molecule has 8 heteroatoms. The molecule has 0 bridgehead atoms. The topological polar surface area (TPSA) is 64.1 Å². The third kappa shape index (κ3) is 4.99. The Labute approximate surface area is 184 Å². The highest BCUT2D eigenvalue weighted by Crippen LogP contribution is 2.28. The molecule has 2 heterocycles. The normalized spacial score (nSPS) is 20.4. The number of carbonyl (C=O) groups is 2. The largest absolute Gasteiger partial charge is 0.508 e. The van der Waals surface area contributed by atoms with Gasteiger partial charge in [0.15, 0.2) is 0 Å². The molecule has 0 radical (unpaired) electrons. The first kappa shape index (κ1) is 21.4. The van der Waals surface area contributed by atoms with E-state index in [4.69, 9.17) is 11.6 Å². The van der Waals surface area contributed by atoms with Gasteiger partial charge in [0, 0.05) is 55.3 Å². The van der Waals surface area contributed by atoms with E-state index in [9.17, 15) is 14.7 Å². The van der Waals surface area contributed by atoms with E-state index in [2.05, 4.69) is 34.1 Å². The molecule has 1 aromatic rings. The lowest BCUT2D eigenvalue weighted by atomic mass is 10.1. The van der Waals surface area contributed by atoms with Crippen molar-refractivity contribution in [3.8, 4) is 5.75 Å². The van der Waals surface area contributed by atoms with Crippen LogP contribution in [0.4, 0.5) is 0 Å². The number of aromatic hydroxyl groups is 1. The number of phenolic OH excluding ortho intramolecular Hbond substituents is 1. The Morgan fingerprint density at radius 1 is 1.21 bits per heavy atom. The summed E-state index contributed by atoms with van der Waals surface area (Å²) in [6.45, 7) is 8.14. The van der Waals surface area contributed by atoms with Crippen LogP contribution in [0.15, 0.2) is 24.8 Å². The lowest BCUT2D eigenvalue weighted by molar-refractivity contribution is -0.133. The Bertz CT molecular complexity index is 765. The molecule has 1 N–H and O–H groups in total. The summed E-state index contributed by atoms with van der Waals surface area (Å²) in [6, 6.07) is 3.73. The third-order valence-corrected chi connectivity index (χ3v) is 7.09.